The van der Waals surface area contributed by atoms with Gasteiger partial charge in [0, 0.05) is 16.0 Å². The van der Waals surface area contributed by atoms with E-state index in [9.17, 15) is 0 Å². The third-order valence-electron chi connectivity index (χ3n) is 4.14. The van der Waals surface area contributed by atoms with Gasteiger partial charge in [0.25, 0.3) is 0 Å². The molecule has 4 heteroatoms. The van der Waals surface area contributed by atoms with Crippen LogP contribution in [-0.2, 0) is 4.74 Å². The summed E-state index contributed by atoms with van der Waals surface area (Å²) < 4.78 is 7.50. The van der Waals surface area contributed by atoms with Crippen molar-refractivity contribution >= 4 is 27.3 Å². The van der Waals surface area contributed by atoms with Crippen LogP contribution in [0.1, 0.15) is 50.4 Å². The quantitative estimate of drug-likeness (QED) is 0.830. The number of nitrogens with one attached hydrogen (secondary N) is 1. The summed E-state index contributed by atoms with van der Waals surface area (Å²) in [6, 6.07) is 2.42. The fraction of sp³-hybridized carbons (Fsp3) is 0.733. The number of likely N-dealkylation sites (N-methyl/N-ethyl adjacent to an activating group) is 1. The monoisotopic (exact) mass is 345 g/mol. The van der Waals surface area contributed by atoms with Gasteiger partial charge in [0.1, 0.15) is 0 Å². The van der Waals surface area contributed by atoms with E-state index in [2.05, 4.69) is 53.6 Å². The topological polar surface area (TPSA) is 21.3 Å². The Morgan fingerprint density at radius 3 is 2.95 bits per heavy atom. The molecule has 0 bridgehead atoms. The number of hydrogen-bond acceptors (Lipinski definition) is 3. The number of hydrogen-bond donors (Lipinski definition) is 1. The Labute approximate surface area is 129 Å². The van der Waals surface area contributed by atoms with E-state index in [0.717, 1.165) is 25.4 Å². The van der Waals surface area contributed by atoms with Gasteiger partial charge in [-0.2, -0.15) is 0 Å². The molecule has 0 radical (unpaired) electrons. The average molecular weight is 346 g/mol. The molecule has 2 nitrogen and oxygen atoms in total. The number of thiophene rings is 1. The van der Waals surface area contributed by atoms with E-state index in [4.69, 9.17) is 4.74 Å². The molecule has 3 unspecified atom stereocenters. The summed E-state index contributed by atoms with van der Waals surface area (Å²) in [6.07, 6.45) is 4.90. The lowest BCUT2D eigenvalue weighted by molar-refractivity contribution is -0.0997. The highest BCUT2D eigenvalue weighted by atomic mass is 79.9. The SMILES string of the molecule is CCOC1(C(NC)c2sccc2Br)CCCC(C)C1. The standard InChI is InChI=1S/C15H24BrNOS/c1-4-18-15(8-5-6-11(2)10-15)14(17-3)13-12(16)7-9-19-13/h7,9,11,14,17H,4-6,8,10H2,1-3H3. The Kier molecular flexibility index (Phi) is 5.46. The minimum absolute atomic E-state index is 0.0471. The Morgan fingerprint density at radius 1 is 1.63 bits per heavy atom. The molecule has 2 rings (SSSR count). The average Bonchev–Trinajstić information content (AvgIpc) is 2.77. The summed E-state index contributed by atoms with van der Waals surface area (Å²) in [4.78, 5) is 1.37. The Bertz CT molecular complexity index is 405. The summed E-state index contributed by atoms with van der Waals surface area (Å²) in [5.74, 6) is 0.745. The van der Waals surface area contributed by atoms with E-state index in [1.54, 1.807) is 0 Å². The van der Waals surface area contributed by atoms with E-state index in [0.29, 0.717) is 0 Å². The smallest absolute Gasteiger partial charge is 0.0887 e. The summed E-state index contributed by atoms with van der Waals surface area (Å²) in [5, 5.41) is 5.67. The molecule has 0 amide bonds. The molecule has 0 aliphatic heterocycles. The molecule has 1 N–H and O–H groups in total. The molecule has 1 heterocycles. The second-order valence-corrected chi connectivity index (χ2v) is 7.36. The zero-order chi connectivity index (χ0) is 13.9. The van der Waals surface area contributed by atoms with Crippen molar-refractivity contribution in [3.63, 3.8) is 0 Å². The summed E-state index contributed by atoms with van der Waals surface area (Å²) in [5.41, 5.74) is -0.0471. The third kappa shape index (κ3) is 3.23. The normalized spacial score (nSPS) is 29.4. The van der Waals surface area contributed by atoms with Crippen LogP contribution in [0.2, 0.25) is 0 Å². The van der Waals surface area contributed by atoms with Crippen molar-refractivity contribution in [2.45, 2.75) is 51.2 Å². The van der Waals surface area contributed by atoms with E-state index < -0.39 is 0 Å². The second-order valence-electron chi connectivity index (χ2n) is 5.55. The maximum Gasteiger partial charge on any atom is 0.0887 e. The maximum absolute atomic E-state index is 6.30. The predicted octanol–water partition coefficient (Wildman–Crippen LogP) is 4.76. The molecule has 1 fully saturated rings. The van der Waals surface area contributed by atoms with Gasteiger partial charge in [-0.3, -0.25) is 0 Å². The van der Waals surface area contributed by atoms with Gasteiger partial charge in [-0.05, 0) is 60.1 Å². The zero-order valence-corrected chi connectivity index (χ0v) is 14.4. The molecule has 0 spiro atoms. The summed E-state index contributed by atoms with van der Waals surface area (Å²) in [6.45, 7) is 5.24. The molecule has 1 aliphatic carbocycles. The molecule has 1 aliphatic rings. The minimum atomic E-state index is -0.0471. The predicted molar refractivity (Wildman–Crippen MR) is 85.8 cm³/mol. The highest BCUT2D eigenvalue weighted by Gasteiger charge is 2.43. The molecule has 108 valence electrons. The molecular formula is C15H24BrNOS. The highest BCUT2D eigenvalue weighted by molar-refractivity contribution is 9.10. The molecule has 3 atom stereocenters. The fourth-order valence-electron chi connectivity index (χ4n) is 3.45. The first-order chi connectivity index (χ1) is 9.13. The number of halogens is 1. The van der Waals surface area contributed by atoms with Gasteiger partial charge < -0.3 is 10.1 Å². The van der Waals surface area contributed by atoms with Gasteiger partial charge >= 0.3 is 0 Å². The lowest BCUT2D eigenvalue weighted by Crippen LogP contribution is -2.48. The van der Waals surface area contributed by atoms with Gasteiger partial charge in [0.05, 0.1) is 11.6 Å². The summed E-state index contributed by atoms with van der Waals surface area (Å²) in [7, 11) is 2.05. The first-order valence-corrected chi connectivity index (χ1v) is 8.84. The third-order valence-corrected chi connectivity index (χ3v) is 6.08. The Morgan fingerprint density at radius 2 is 2.42 bits per heavy atom. The summed E-state index contributed by atoms with van der Waals surface area (Å²) >= 11 is 5.49. The van der Waals surface area contributed by atoms with Crippen molar-refractivity contribution in [1.29, 1.82) is 0 Å². The van der Waals surface area contributed by atoms with Crippen molar-refractivity contribution < 1.29 is 4.74 Å². The Hall–Kier alpha value is 0.100. The van der Waals surface area contributed by atoms with Crippen LogP contribution in [0, 0.1) is 5.92 Å². The maximum atomic E-state index is 6.30. The van der Waals surface area contributed by atoms with Crippen LogP contribution in [0.3, 0.4) is 0 Å². The number of rotatable bonds is 5. The Balaban J connectivity index is 2.32. The van der Waals surface area contributed by atoms with E-state index in [-0.39, 0.29) is 11.6 Å². The van der Waals surface area contributed by atoms with Crippen LogP contribution in [-0.4, -0.2) is 19.3 Å². The fourth-order valence-corrected chi connectivity index (χ4v) is 5.27. The van der Waals surface area contributed by atoms with Crippen molar-refractivity contribution in [2.75, 3.05) is 13.7 Å². The van der Waals surface area contributed by atoms with Crippen molar-refractivity contribution in [3.8, 4) is 0 Å². The van der Waals surface area contributed by atoms with E-state index in [1.165, 1.54) is 22.2 Å². The largest absolute Gasteiger partial charge is 0.373 e. The lowest BCUT2D eigenvalue weighted by Gasteiger charge is -2.45. The van der Waals surface area contributed by atoms with Crippen LogP contribution in [0.4, 0.5) is 0 Å². The van der Waals surface area contributed by atoms with Gasteiger partial charge in [0.15, 0.2) is 0 Å². The zero-order valence-electron chi connectivity index (χ0n) is 12.0. The van der Waals surface area contributed by atoms with Crippen LogP contribution in [0.5, 0.6) is 0 Å². The molecule has 19 heavy (non-hydrogen) atoms. The van der Waals surface area contributed by atoms with Crippen LogP contribution in [0.15, 0.2) is 15.9 Å². The van der Waals surface area contributed by atoms with Crippen LogP contribution in [0.25, 0.3) is 0 Å². The minimum Gasteiger partial charge on any atom is -0.373 e. The van der Waals surface area contributed by atoms with Crippen LogP contribution < -0.4 is 5.32 Å². The molecule has 1 saturated carbocycles. The first kappa shape index (κ1) is 15.5. The van der Waals surface area contributed by atoms with Gasteiger partial charge in [0.2, 0.25) is 0 Å². The second kappa shape index (κ2) is 6.70. The molecular weight excluding hydrogens is 322 g/mol. The lowest BCUT2D eigenvalue weighted by atomic mass is 9.74. The van der Waals surface area contributed by atoms with Gasteiger partial charge in [-0.1, -0.05) is 19.8 Å². The number of ether oxygens (including phenoxy) is 1. The van der Waals surface area contributed by atoms with Gasteiger partial charge in [-0.25, -0.2) is 0 Å². The first-order valence-electron chi connectivity index (χ1n) is 7.17. The van der Waals surface area contributed by atoms with Crippen molar-refractivity contribution in [1.82, 2.24) is 5.32 Å². The molecule has 1 aromatic heterocycles. The molecule has 0 saturated heterocycles. The van der Waals surface area contributed by atoms with Gasteiger partial charge in [-0.15, -0.1) is 11.3 Å². The molecule has 1 aromatic rings. The van der Waals surface area contributed by atoms with Crippen molar-refractivity contribution in [2.24, 2.45) is 5.92 Å². The van der Waals surface area contributed by atoms with E-state index in [1.807, 2.05) is 11.3 Å². The van der Waals surface area contributed by atoms with Crippen LogP contribution >= 0.6 is 27.3 Å². The van der Waals surface area contributed by atoms with Crippen molar-refractivity contribution in [3.05, 3.63) is 20.8 Å². The molecule has 0 aromatic carbocycles. The highest BCUT2D eigenvalue weighted by Crippen LogP contribution is 2.46. The van der Waals surface area contributed by atoms with E-state index >= 15 is 0 Å².